The Morgan fingerprint density at radius 2 is 1.71 bits per heavy atom. The number of benzene rings is 4. The fourth-order valence-corrected chi connectivity index (χ4v) is 4.72. The molecule has 0 aliphatic carbocycles. The summed E-state index contributed by atoms with van der Waals surface area (Å²) in [4.78, 5) is 12.5. The zero-order valence-corrected chi connectivity index (χ0v) is 22.5. The number of carbonyl (C=O) groups excluding carboxylic acids is 1. The second-order valence-electron chi connectivity index (χ2n) is 9.56. The number of hydrogen-bond donors (Lipinski definition) is 1. The van der Waals surface area contributed by atoms with Gasteiger partial charge < -0.3 is 24.7 Å². The molecule has 1 atom stereocenters. The summed E-state index contributed by atoms with van der Waals surface area (Å²) < 4.78 is 36.8. The third kappa shape index (κ3) is 5.99. The van der Waals surface area contributed by atoms with Crippen LogP contribution in [0.2, 0.25) is 0 Å². The zero-order valence-electron chi connectivity index (χ0n) is 22.5. The number of carbonyl (C=O) groups is 1. The fraction of sp³-hybridized carbons (Fsp3) is 0.152. The van der Waals surface area contributed by atoms with Crippen molar-refractivity contribution in [3.63, 3.8) is 0 Å². The number of rotatable bonds is 8. The second kappa shape index (κ2) is 11.8. The normalized spacial score (nSPS) is 14.0. The molecule has 0 saturated carbocycles. The van der Waals surface area contributed by atoms with Crippen molar-refractivity contribution in [2.24, 2.45) is 5.73 Å². The second-order valence-corrected chi connectivity index (χ2v) is 9.56. The van der Waals surface area contributed by atoms with Crippen LogP contribution in [0.25, 0.3) is 0 Å². The van der Waals surface area contributed by atoms with E-state index in [2.05, 4.69) is 6.07 Å². The number of allylic oxidation sites excluding steroid dienone is 1. The molecular formula is C33H27FN2O5. The lowest BCUT2D eigenvalue weighted by Gasteiger charge is -2.27. The molecule has 7 nitrogen and oxygen atoms in total. The van der Waals surface area contributed by atoms with Crippen LogP contribution >= 0.6 is 0 Å². The lowest BCUT2D eigenvalue weighted by Crippen LogP contribution is -2.22. The number of fused-ring (bicyclic) bond motifs is 1. The number of aryl methyl sites for hydroxylation is 2. The van der Waals surface area contributed by atoms with E-state index in [1.165, 1.54) is 6.07 Å². The predicted octanol–water partition coefficient (Wildman–Crippen LogP) is 6.22. The standard InChI is InChI=1S/C33H27FN2O5/c1-20-7-5-8-21(2)32(20)39-19-30(37)40-25-13-14-26-29(16-25)41-33(36)27(17-35)31(26)22-10-6-11-24(15-22)38-18-23-9-3-4-12-28(23)34/h3-16,31H,18-19,36H2,1-2H3. The molecule has 0 saturated heterocycles. The fourth-order valence-electron chi connectivity index (χ4n) is 4.72. The van der Waals surface area contributed by atoms with E-state index in [-0.39, 0.29) is 36.2 Å². The van der Waals surface area contributed by atoms with Crippen molar-refractivity contribution in [1.82, 2.24) is 0 Å². The van der Waals surface area contributed by atoms with Crippen molar-refractivity contribution in [2.45, 2.75) is 26.4 Å². The van der Waals surface area contributed by atoms with Crippen LogP contribution in [-0.2, 0) is 11.4 Å². The van der Waals surface area contributed by atoms with Gasteiger partial charge in [0, 0.05) is 17.2 Å². The summed E-state index contributed by atoms with van der Waals surface area (Å²) in [6.07, 6.45) is 0. The van der Waals surface area contributed by atoms with Crippen LogP contribution in [-0.4, -0.2) is 12.6 Å². The number of esters is 1. The van der Waals surface area contributed by atoms with Crippen molar-refractivity contribution in [3.05, 3.63) is 130 Å². The average Bonchev–Trinajstić information content (AvgIpc) is 2.96. The van der Waals surface area contributed by atoms with Crippen molar-refractivity contribution in [3.8, 4) is 29.1 Å². The van der Waals surface area contributed by atoms with E-state index < -0.39 is 11.9 Å². The monoisotopic (exact) mass is 550 g/mol. The van der Waals surface area contributed by atoms with Gasteiger partial charge in [0.05, 0.1) is 5.92 Å². The molecule has 0 bridgehead atoms. The molecule has 41 heavy (non-hydrogen) atoms. The molecule has 206 valence electrons. The largest absolute Gasteiger partial charge is 0.489 e. The summed E-state index contributed by atoms with van der Waals surface area (Å²) in [5.41, 5.74) is 10.0. The molecule has 0 fully saturated rings. The number of halogens is 1. The molecule has 1 aliphatic heterocycles. The highest BCUT2D eigenvalue weighted by Gasteiger charge is 2.31. The molecule has 1 aliphatic rings. The van der Waals surface area contributed by atoms with Gasteiger partial charge in [-0.1, -0.05) is 54.6 Å². The Labute approximate surface area is 237 Å². The summed E-state index contributed by atoms with van der Waals surface area (Å²) in [6.45, 7) is 3.59. The minimum Gasteiger partial charge on any atom is -0.489 e. The van der Waals surface area contributed by atoms with Gasteiger partial charge in [-0.05, 0) is 54.8 Å². The van der Waals surface area contributed by atoms with Crippen LogP contribution in [0.4, 0.5) is 4.39 Å². The lowest BCUT2D eigenvalue weighted by molar-refractivity contribution is -0.136. The third-order valence-corrected chi connectivity index (χ3v) is 6.71. The average molecular weight is 551 g/mol. The topological polar surface area (TPSA) is 104 Å². The van der Waals surface area contributed by atoms with Gasteiger partial charge in [-0.25, -0.2) is 9.18 Å². The number of nitrogens with zero attached hydrogens (tertiary/aromatic N) is 1. The Balaban J connectivity index is 1.35. The Bertz CT molecular complexity index is 1670. The van der Waals surface area contributed by atoms with Crippen LogP contribution in [0.15, 0.2) is 96.4 Å². The Morgan fingerprint density at radius 1 is 0.951 bits per heavy atom. The van der Waals surface area contributed by atoms with Gasteiger partial charge in [0.15, 0.2) is 6.61 Å². The maximum atomic E-state index is 14.0. The van der Waals surface area contributed by atoms with Crippen LogP contribution in [0, 0.1) is 31.0 Å². The van der Waals surface area contributed by atoms with E-state index in [4.69, 9.17) is 24.7 Å². The van der Waals surface area contributed by atoms with Crippen molar-refractivity contribution < 1.29 is 28.1 Å². The van der Waals surface area contributed by atoms with Gasteiger partial charge in [0.1, 0.15) is 47.1 Å². The number of ether oxygens (including phenoxy) is 4. The number of para-hydroxylation sites is 1. The number of hydrogen-bond acceptors (Lipinski definition) is 7. The first kappa shape index (κ1) is 27.3. The SMILES string of the molecule is Cc1cccc(C)c1OCC(=O)Oc1ccc2c(c1)OC(N)=C(C#N)C2c1cccc(OCc2ccccc2F)c1. The van der Waals surface area contributed by atoms with Gasteiger partial charge in [-0.2, -0.15) is 5.26 Å². The molecule has 4 aromatic rings. The molecule has 0 aromatic heterocycles. The summed E-state index contributed by atoms with van der Waals surface area (Å²) in [6, 6.07) is 26.4. The first-order chi connectivity index (χ1) is 19.8. The van der Waals surface area contributed by atoms with Crippen LogP contribution in [0.1, 0.15) is 33.7 Å². The molecule has 0 amide bonds. The van der Waals surface area contributed by atoms with Gasteiger partial charge in [-0.15, -0.1) is 0 Å². The number of nitrogens with two attached hydrogens (primary N) is 1. The maximum Gasteiger partial charge on any atom is 0.349 e. The van der Waals surface area contributed by atoms with Gasteiger partial charge >= 0.3 is 5.97 Å². The number of nitriles is 1. The molecule has 0 spiro atoms. The van der Waals surface area contributed by atoms with Gasteiger partial charge in [-0.3, -0.25) is 0 Å². The van der Waals surface area contributed by atoms with Crippen molar-refractivity contribution in [2.75, 3.05) is 6.61 Å². The Morgan fingerprint density at radius 3 is 2.46 bits per heavy atom. The molecule has 4 aromatic carbocycles. The molecule has 1 heterocycles. The minimum absolute atomic E-state index is 0.0471. The highest BCUT2D eigenvalue weighted by Crippen LogP contribution is 2.44. The third-order valence-electron chi connectivity index (χ3n) is 6.71. The zero-order chi connectivity index (χ0) is 28.9. The lowest BCUT2D eigenvalue weighted by atomic mass is 9.83. The molecule has 8 heteroatoms. The minimum atomic E-state index is -0.583. The Kier molecular flexibility index (Phi) is 7.88. The van der Waals surface area contributed by atoms with Crippen molar-refractivity contribution in [1.29, 1.82) is 5.26 Å². The van der Waals surface area contributed by atoms with Gasteiger partial charge in [0.25, 0.3) is 0 Å². The molecular weight excluding hydrogens is 523 g/mol. The molecule has 0 radical (unpaired) electrons. The summed E-state index contributed by atoms with van der Waals surface area (Å²) in [7, 11) is 0. The molecule has 2 N–H and O–H groups in total. The van der Waals surface area contributed by atoms with E-state index in [1.54, 1.807) is 54.6 Å². The van der Waals surface area contributed by atoms with E-state index in [0.717, 1.165) is 16.7 Å². The molecule has 1 unspecified atom stereocenters. The van der Waals surface area contributed by atoms with E-state index in [1.807, 2.05) is 38.1 Å². The molecule has 5 rings (SSSR count). The highest BCUT2D eigenvalue weighted by molar-refractivity contribution is 5.74. The van der Waals surface area contributed by atoms with E-state index >= 15 is 0 Å². The van der Waals surface area contributed by atoms with Gasteiger partial charge in [0.2, 0.25) is 5.88 Å². The van der Waals surface area contributed by atoms with Crippen LogP contribution in [0.5, 0.6) is 23.0 Å². The van der Waals surface area contributed by atoms with E-state index in [0.29, 0.717) is 28.4 Å². The van der Waals surface area contributed by atoms with E-state index in [9.17, 15) is 14.4 Å². The smallest absolute Gasteiger partial charge is 0.349 e. The summed E-state index contributed by atoms with van der Waals surface area (Å²) >= 11 is 0. The first-order valence-electron chi connectivity index (χ1n) is 12.9. The summed E-state index contributed by atoms with van der Waals surface area (Å²) in [5, 5.41) is 9.91. The quantitative estimate of drug-likeness (QED) is 0.205. The predicted molar refractivity (Wildman–Crippen MR) is 150 cm³/mol. The highest BCUT2D eigenvalue weighted by atomic mass is 19.1. The maximum absolute atomic E-state index is 14.0. The first-order valence-corrected chi connectivity index (χ1v) is 12.9. The van der Waals surface area contributed by atoms with Crippen LogP contribution in [0.3, 0.4) is 0 Å². The summed E-state index contributed by atoms with van der Waals surface area (Å²) in [5.74, 6) is 0.200. The van der Waals surface area contributed by atoms with Crippen LogP contribution < -0.4 is 24.7 Å². The Hall–Kier alpha value is -5.29. The van der Waals surface area contributed by atoms with Crippen molar-refractivity contribution >= 4 is 5.97 Å².